The number of ether oxygens (including phenoxy) is 1. The van der Waals surface area contributed by atoms with Crippen molar-refractivity contribution in [3.8, 4) is 0 Å². The van der Waals surface area contributed by atoms with Crippen molar-refractivity contribution in [1.82, 2.24) is 0 Å². The number of hydrogen-bond acceptors (Lipinski definition) is 6. The van der Waals surface area contributed by atoms with Crippen LogP contribution in [-0.2, 0) is 27.2 Å². The van der Waals surface area contributed by atoms with Crippen molar-refractivity contribution in [3.05, 3.63) is 51.9 Å². The molecule has 8 heteroatoms. The minimum atomic E-state index is -1.46. The van der Waals surface area contributed by atoms with Crippen molar-refractivity contribution in [2.75, 3.05) is 11.9 Å². The Hall–Kier alpha value is -2.71. The second-order valence-corrected chi connectivity index (χ2v) is 7.00. The number of thiophene rings is 1. The average molecular weight is 374 g/mol. The summed E-state index contributed by atoms with van der Waals surface area (Å²) in [6, 6.07) is 8.28. The molecule has 1 atom stereocenters. The second kappa shape index (κ2) is 7.67. The quantitative estimate of drug-likeness (QED) is 0.663. The van der Waals surface area contributed by atoms with E-state index in [4.69, 9.17) is 10.5 Å². The third kappa shape index (κ3) is 3.76. The van der Waals surface area contributed by atoms with Crippen molar-refractivity contribution < 1.29 is 24.2 Å². The first-order valence-electron chi connectivity index (χ1n) is 8.11. The Morgan fingerprint density at radius 3 is 2.65 bits per heavy atom. The zero-order valence-electron chi connectivity index (χ0n) is 13.9. The van der Waals surface area contributed by atoms with Crippen LogP contribution in [0.4, 0.5) is 5.00 Å². The molecule has 0 radical (unpaired) electrons. The zero-order valence-corrected chi connectivity index (χ0v) is 14.7. The van der Waals surface area contributed by atoms with Gasteiger partial charge in [0.2, 0.25) is 0 Å². The van der Waals surface area contributed by atoms with Gasteiger partial charge in [-0.05, 0) is 30.4 Å². The van der Waals surface area contributed by atoms with Crippen LogP contribution < -0.4 is 11.1 Å². The van der Waals surface area contributed by atoms with Crippen LogP contribution in [0.3, 0.4) is 0 Å². The van der Waals surface area contributed by atoms with Gasteiger partial charge in [0, 0.05) is 4.88 Å². The van der Waals surface area contributed by atoms with Crippen molar-refractivity contribution >= 4 is 34.1 Å². The Balaban J connectivity index is 1.60. The summed E-state index contributed by atoms with van der Waals surface area (Å²) in [6.45, 7) is -0.566. The number of primary amides is 1. The van der Waals surface area contributed by atoms with Crippen LogP contribution in [0, 0.1) is 0 Å². The highest BCUT2D eigenvalue weighted by atomic mass is 32.1. The molecule has 1 aliphatic rings. The van der Waals surface area contributed by atoms with Gasteiger partial charge in [-0.3, -0.25) is 9.59 Å². The molecule has 0 bridgehead atoms. The Kier molecular flexibility index (Phi) is 5.34. The summed E-state index contributed by atoms with van der Waals surface area (Å²) < 4.78 is 4.86. The summed E-state index contributed by atoms with van der Waals surface area (Å²) in [5.74, 6) is -2.10. The van der Waals surface area contributed by atoms with Crippen molar-refractivity contribution in [2.24, 2.45) is 5.73 Å². The summed E-state index contributed by atoms with van der Waals surface area (Å²) in [6.07, 6.45) is 1.12. The van der Waals surface area contributed by atoms with E-state index in [1.165, 1.54) is 11.3 Å². The smallest absolute Gasteiger partial charge is 0.340 e. The first-order valence-corrected chi connectivity index (χ1v) is 8.93. The van der Waals surface area contributed by atoms with E-state index >= 15 is 0 Å². The fourth-order valence-corrected chi connectivity index (χ4v) is 4.21. The van der Waals surface area contributed by atoms with Crippen LogP contribution in [-0.4, -0.2) is 29.5 Å². The molecule has 0 saturated carbocycles. The van der Waals surface area contributed by atoms with Gasteiger partial charge >= 0.3 is 5.97 Å². The Bertz CT molecular complexity index is 847. The summed E-state index contributed by atoms with van der Waals surface area (Å²) in [5, 5.41) is 12.9. The van der Waals surface area contributed by atoms with E-state index in [1.807, 2.05) is 0 Å². The molecule has 26 heavy (non-hydrogen) atoms. The van der Waals surface area contributed by atoms with E-state index in [0.717, 1.165) is 29.7 Å². The molecule has 2 amide bonds. The highest BCUT2D eigenvalue weighted by molar-refractivity contribution is 7.17. The number of aryl methyl sites for hydroxylation is 1. The lowest BCUT2D eigenvalue weighted by Crippen LogP contribution is -2.25. The molecule has 0 unspecified atom stereocenters. The average Bonchev–Trinajstić information content (AvgIpc) is 3.20. The Labute approximate surface area is 153 Å². The first-order chi connectivity index (χ1) is 12.5. The zero-order chi connectivity index (χ0) is 18.7. The number of aliphatic hydroxyl groups excluding tert-OH is 1. The number of nitrogens with two attached hydrogens (primary N) is 1. The molecule has 7 nitrogen and oxygen atoms in total. The number of esters is 1. The van der Waals surface area contributed by atoms with Gasteiger partial charge in [-0.1, -0.05) is 30.3 Å². The predicted octanol–water partition coefficient (Wildman–Crippen LogP) is 1.55. The molecule has 1 heterocycles. The number of nitrogens with one attached hydrogen (secondary N) is 1. The van der Waals surface area contributed by atoms with E-state index in [1.54, 1.807) is 30.3 Å². The third-order valence-corrected chi connectivity index (χ3v) is 5.31. The SMILES string of the molecule is NC(=O)c1c(NC(=O)COC(=O)[C@H](O)c2ccccc2)sc2c1CCC2. The monoisotopic (exact) mass is 374 g/mol. The predicted molar refractivity (Wildman–Crippen MR) is 95.9 cm³/mol. The van der Waals surface area contributed by atoms with Crippen molar-refractivity contribution in [1.29, 1.82) is 0 Å². The second-order valence-electron chi connectivity index (χ2n) is 5.89. The Morgan fingerprint density at radius 1 is 1.23 bits per heavy atom. The molecule has 3 rings (SSSR count). The molecule has 136 valence electrons. The van der Waals surface area contributed by atoms with Crippen LogP contribution in [0.2, 0.25) is 0 Å². The number of hydrogen-bond donors (Lipinski definition) is 3. The van der Waals surface area contributed by atoms with Crippen molar-refractivity contribution in [2.45, 2.75) is 25.4 Å². The van der Waals surface area contributed by atoms with Gasteiger partial charge in [-0.2, -0.15) is 0 Å². The summed E-state index contributed by atoms with van der Waals surface area (Å²) >= 11 is 1.32. The van der Waals surface area contributed by atoms with Gasteiger partial charge < -0.3 is 20.9 Å². The maximum absolute atomic E-state index is 12.1. The molecular weight excluding hydrogens is 356 g/mol. The molecular formula is C18H18N2O5S. The largest absolute Gasteiger partial charge is 0.453 e. The summed E-state index contributed by atoms with van der Waals surface area (Å²) in [4.78, 5) is 36.7. The lowest BCUT2D eigenvalue weighted by Gasteiger charge is -2.11. The summed E-state index contributed by atoms with van der Waals surface area (Å²) in [7, 11) is 0. The number of carbonyl (C=O) groups excluding carboxylic acids is 3. The normalized spacial score (nSPS) is 13.7. The van der Waals surface area contributed by atoms with Crippen LogP contribution in [0.25, 0.3) is 0 Å². The number of carbonyl (C=O) groups is 3. The lowest BCUT2D eigenvalue weighted by atomic mass is 10.1. The third-order valence-electron chi connectivity index (χ3n) is 4.10. The maximum Gasteiger partial charge on any atom is 0.340 e. The van der Waals surface area contributed by atoms with Crippen LogP contribution in [0.1, 0.15) is 38.9 Å². The van der Waals surface area contributed by atoms with Gasteiger partial charge in [0.15, 0.2) is 12.7 Å². The Morgan fingerprint density at radius 2 is 1.96 bits per heavy atom. The first kappa shape index (κ1) is 18.1. The van der Waals surface area contributed by atoms with E-state index in [9.17, 15) is 19.5 Å². The number of amides is 2. The van der Waals surface area contributed by atoms with E-state index in [-0.39, 0.29) is 0 Å². The molecule has 1 aromatic carbocycles. The van der Waals surface area contributed by atoms with Crippen LogP contribution in [0.5, 0.6) is 0 Å². The molecule has 0 spiro atoms. The highest BCUT2D eigenvalue weighted by Crippen LogP contribution is 2.38. The standard InChI is InChI=1S/C18H18N2O5S/c19-16(23)14-11-7-4-8-12(11)26-17(14)20-13(21)9-25-18(24)15(22)10-5-2-1-3-6-10/h1-3,5-6,15,22H,4,7-9H2,(H2,19,23)(H,20,21)/t15-/m1/s1. The van der Waals surface area contributed by atoms with E-state index < -0.39 is 30.5 Å². The van der Waals surface area contributed by atoms with Gasteiger partial charge in [0.25, 0.3) is 11.8 Å². The maximum atomic E-state index is 12.1. The minimum Gasteiger partial charge on any atom is -0.453 e. The molecule has 1 aliphatic carbocycles. The van der Waals surface area contributed by atoms with Crippen molar-refractivity contribution in [3.63, 3.8) is 0 Å². The molecule has 0 fully saturated rings. The lowest BCUT2D eigenvalue weighted by molar-refractivity contribution is -0.156. The van der Waals surface area contributed by atoms with E-state index in [0.29, 0.717) is 16.1 Å². The number of aliphatic hydroxyl groups is 1. The fraction of sp³-hybridized carbons (Fsp3) is 0.278. The van der Waals surface area contributed by atoms with E-state index in [2.05, 4.69) is 5.32 Å². The molecule has 0 saturated heterocycles. The number of anilines is 1. The molecule has 2 aromatic rings. The van der Waals surface area contributed by atoms with Crippen LogP contribution in [0.15, 0.2) is 30.3 Å². The molecule has 0 aliphatic heterocycles. The number of fused-ring (bicyclic) bond motifs is 1. The van der Waals surface area contributed by atoms with Gasteiger partial charge in [-0.25, -0.2) is 4.79 Å². The van der Waals surface area contributed by atoms with Gasteiger partial charge in [-0.15, -0.1) is 11.3 Å². The highest BCUT2D eigenvalue weighted by Gasteiger charge is 2.26. The summed E-state index contributed by atoms with van der Waals surface area (Å²) in [5.41, 5.74) is 7.05. The van der Waals surface area contributed by atoms with Gasteiger partial charge in [0.1, 0.15) is 5.00 Å². The minimum absolute atomic E-state index is 0.339. The molecule has 1 aromatic heterocycles. The van der Waals surface area contributed by atoms with Crippen LogP contribution >= 0.6 is 11.3 Å². The molecule has 4 N–H and O–H groups in total. The fourth-order valence-electron chi connectivity index (χ4n) is 2.90. The topological polar surface area (TPSA) is 119 Å². The number of benzene rings is 1. The van der Waals surface area contributed by atoms with Gasteiger partial charge in [0.05, 0.1) is 5.56 Å². The number of rotatable bonds is 6.